The summed E-state index contributed by atoms with van der Waals surface area (Å²) in [6.45, 7) is 0.536. The predicted molar refractivity (Wildman–Crippen MR) is 110 cm³/mol. The van der Waals surface area contributed by atoms with Crippen LogP contribution in [0.4, 0.5) is 0 Å². The molecule has 0 aromatic rings. The molecule has 0 aromatic heterocycles. The summed E-state index contributed by atoms with van der Waals surface area (Å²) >= 11 is 3.03. The SMILES string of the molecule is CSCCC(N)C(=O)NC(CCSC)C(=O)NC(CO)C(=O)NC(C)C(=O)O. The van der Waals surface area contributed by atoms with Crippen LogP contribution in [0, 0.1) is 0 Å². The van der Waals surface area contributed by atoms with Crippen LogP contribution in [0.3, 0.4) is 0 Å². The fraction of sp³-hybridized carbons (Fsp3) is 0.750. The zero-order valence-electron chi connectivity index (χ0n) is 16.3. The summed E-state index contributed by atoms with van der Waals surface area (Å²) in [6.07, 6.45) is 4.50. The molecule has 7 N–H and O–H groups in total. The molecule has 0 saturated heterocycles. The molecule has 4 atom stereocenters. The third kappa shape index (κ3) is 10.2. The number of carboxylic acid groups (broad SMARTS) is 1. The summed E-state index contributed by atoms with van der Waals surface area (Å²) in [4.78, 5) is 47.6. The van der Waals surface area contributed by atoms with E-state index < -0.39 is 54.5 Å². The molecule has 28 heavy (non-hydrogen) atoms. The summed E-state index contributed by atoms with van der Waals surface area (Å²) in [5.41, 5.74) is 5.82. The first-order valence-electron chi connectivity index (χ1n) is 8.66. The second-order valence-electron chi connectivity index (χ2n) is 6.04. The molecule has 0 radical (unpaired) electrons. The van der Waals surface area contributed by atoms with Gasteiger partial charge in [0.15, 0.2) is 0 Å². The normalized spacial score (nSPS) is 15.0. The lowest BCUT2D eigenvalue weighted by molar-refractivity contribution is -0.142. The average molecular weight is 439 g/mol. The van der Waals surface area contributed by atoms with Crippen molar-refractivity contribution in [3.05, 3.63) is 0 Å². The van der Waals surface area contributed by atoms with Crippen molar-refractivity contribution in [3.8, 4) is 0 Å². The average Bonchev–Trinajstić information content (AvgIpc) is 2.66. The van der Waals surface area contributed by atoms with Gasteiger partial charge in [0.2, 0.25) is 17.7 Å². The van der Waals surface area contributed by atoms with Crippen molar-refractivity contribution in [2.24, 2.45) is 5.73 Å². The highest BCUT2D eigenvalue weighted by atomic mass is 32.2. The van der Waals surface area contributed by atoms with Crippen molar-refractivity contribution in [3.63, 3.8) is 0 Å². The Bertz CT molecular complexity index is 537. The Balaban J connectivity index is 4.99. The molecule has 0 spiro atoms. The number of amides is 3. The zero-order chi connectivity index (χ0) is 21.7. The van der Waals surface area contributed by atoms with E-state index in [1.807, 2.05) is 12.5 Å². The summed E-state index contributed by atoms with van der Waals surface area (Å²) < 4.78 is 0. The van der Waals surface area contributed by atoms with Crippen LogP contribution in [-0.4, -0.2) is 88.7 Å². The van der Waals surface area contributed by atoms with Crippen molar-refractivity contribution in [1.82, 2.24) is 16.0 Å². The molecule has 0 aromatic carbocycles. The monoisotopic (exact) mass is 438 g/mol. The van der Waals surface area contributed by atoms with Crippen LogP contribution in [-0.2, 0) is 19.2 Å². The van der Waals surface area contributed by atoms with E-state index in [1.54, 1.807) is 11.8 Å². The molecular weight excluding hydrogens is 408 g/mol. The van der Waals surface area contributed by atoms with E-state index in [-0.39, 0.29) is 0 Å². The third-order valence-electron chi connectivity index (χ3n) is 3.76. The van der Waals surface area contributed by atoms with Gasteiger partial charge in [-0.15, -0.1) is 0 Å². The molecule has 12 heteroatoms. The van der Waals surface area contributed by atoms with Crippen LogP contribution < -0.4 is 21.7 Å². The van der Waals surface area contributed by atoms with Gasteiger partial charge in [0.05, 0.1) is 12.6 Å². The van der Waals surface area contributed by atoms with E-state index in [4.69, 9.17) is 10.8 Å². The summed E-state index contributed by atoms with van der Waals surface area (Å²) in [5.74, 6) is -1.94. The van der Waals surface area contributed by atoms with Crippen LogP contribution in [0.25, 0.3) is 0 Å². The van der Waals surface area contributed by atoms with Crippen LogP contribution in [0.5, 0.6) is 0 Å². The lowest BCUT2D eigenvalue weighted by Crippen LogP contribution is -2.58. The lowest BCUT2D eigenvalue weighted by atomic mass is 10.1. The number of carbonyl (C=O) groups is 4. The summed E-state index contributed by atoms with van der Waals surface area (Å²) in [6, 6.07) is -4.21. The molecule has 0 heterocycles. The smallest absolute Gasteiger partial charge is 0.325 e. The number of nitrogens with two attached hydrogens (primary N) is 1. The Morgan fingerprint density at radius 1 is 0.893 bits per heavy atom. The summed E-state index contributed by atoms with van der Waals surface area (Å²) in [7, 11) is 0. The standard InChI is InChI=1S/C16H30N4O6S2/c1-9(16(25)26)18-15(24)12(8-21)20-14(23)11(5-7-28-3)19-13(22)10(17)4-6-27-2/h9-12,21H,4-8,17H2,1-3H3,(H,18,24)(H,19,22)(H,20,23)(H,25,26). The Kier molecular flexibility index (Phi) is 13.7. The number of carbonyl (C=O) groups excluding carboxylic acids is 3. The van der Waals surface area contributed by atoms with E-state index in [9.17, 15) is 24.3 Å². The molecule has 4 unspecified atom stereocenters. The minimum atomic E-state index is -1.34. The van der Waals surface area contributed by atoms with Crippen LogP contribution in [0.1, 0.15) is 19.8 Å². The van der Waals surface area contributed by atoms with E-state index in [0.29, 0.717) is 24.3 Å². The van der Waals surface area contributed by atoms with Gasteiger partial charge < -0.3 is 31.9 Å². The lowest BCUT2D eigenvalue weighted by Gasteiger charge is -2.23. The van der Waals surface area contributed by atoms with Crippen molar-refractivity contribution in [2.45, 2.75) is 43.9 Å². The van der Waals surface area contributed by atoms with Crippen molar-refractivity contribution in [1.29, 1.82) is 0 Å². The van der Waals surface area contributed by atoms with Gasteiger partial charge in [-0.05, 0) is 43.8 Å². The zero-order valence-corrected chi connectivity index (χ0v) is 17.9. The number of thioether (sulfide) groups is 2. The minimum absolute atomic E-state index is 0.305. The molecule has 0 saturated carbocycles. The van der Waals surface area contributed by atoms with Crippen LogP contribution in [0.2, 0.25) is 0 Å². The van der Waals surface area contributed by atoms with Gasteiger partial charge in [-0.2, -0.15) is 23.5 Å². The minimum Gasteiger partial charge on any atom is -0.480 e. The number of nitrogens with one attached hydrogen (secondary N) is 3. The number of aliphatic hydroxyl groups excluding tert-OH is 1. The molecule has 3 amide bonds. The van der Waals surface area contributed by atoms with E-state index in [1.165, 1.54) is 18.7 Å². The molecular formula is C16H30N4O6S2. The number of hydrogen-bond donors (Lipinski definition) is 6. The number of hydrogen-bond acceptors (Lipinski definition) is 8. The number of rotatable bonds is 14. The highest BCUT2D eigenvalue weighted by Gasteiger charge is 2.28. The molecule has 0 aliphatic rings. The Hall–Kier alpha value is -1.50. The second kappa shape index (κ2) is 14.5. The predicted octanol–water partition coefficient (Wildman–Crippen LogP) is -1.63. The second-order valence-corrected chi connectivity index (χ2v) is 8.01. The maximum absolute atomic E-state index is 12.5. The van der Waals surface area contributed by atoms with Gasteiger partial charge >= 0.3 is 5.97 Å². The Labute approximate surface area is 173 Å². The van der Waals surface area contributed by atoms with Gasteiger partial charge in [0, 0.05) is 0 Å². The Morgan fingerprint density at radius 3 is 1.89 bits per heavy atom. The van der Waals surface area contributed by atoms with Gasteiger partial charge in [-0.3, -0.25) is 19.2 Å². The first kappa shape index (κ1) is 26.5. The molecule has 0 aliphatic heterocycles. The van der Waals surface area contributed by atoms with Gasteiger partial charge in [-0.25, -0.2) is 0 Å². The first-order chi connectivity index (χ1) is 13.2. The van der Waals surface area contributed by atoms with Gasteiger partial charge in [-0.1, -0.05) is 0 Å². The molecule has 0 rings (SSSR count). The number of carboxylic acids is 1. The van der Waals surface area contributed by atoms with E-state index >= 15 is 0 Å². The highest BCUT2D eigenvalue weighted by Crippen LogP contribution is 2.04. The molecule has 0 fully saturated rings. The largest absolute Gasteiger partial charge is 0.480 e. The van der Waals surface area contributed by atoms with E-state index in [0.717, 1.165) is 0 Å². The first-order valence-corrected chi connectivity index (χ1v) is 11.4. The quantitative estimate of drug-likeness (QED) is 0.186. The Morgan fingerprint density at radius 2 is 1.39 bits per heavy atom. The fourth-order valence-corrected chi connectivity index (χ4v) is 2.96. The maximum atomic E-state index is 12.5. The molecule has 162 valence electrons. The van der Waals surface area contributed by atoms with Gasteiger partial charge in [0.1, 0.15) is 18.1 Å². The topological polar surface area (TPSA) is 171 Å². The third-order valence-corrected chi connectivity index (χ3v) is 5.05. The molecule has 0 aliphatic carbocycles. The maximum Gasteiger partial charge on any atom is 0.325 e. The fourth-order valence-electron chi connectivity index (χ4n) is 2.00. The van der Waals surface area contributed by atoms with E-state index in [2.05, 4.69) is 16.0 Å². The highest BCUT2D eigenvalue weighted by molar-refractivity contribution is 7.98. The molecule has 0 bridgehead atoms. The number of aliphatic hydroxyl groups is 1. The van der Waals surface area contributed by atoms with Crippen LogP contribution in [0.15, 0.2) is 0 Å². The van der Waals surface area contributed by atoms with Crippen molar-refractivity contribution < 1.29 is 29.4 Å². The summed E-state index contributed by atoms with van der Waals surface area (Å²) in [5, 5.41) is 25.3. The number of aliphatic carboxylic acids is 1. The van der Waals surface area contributed by atoms with Gasteiger partial charge in [0.25, 0.3) is 0 Å². The van der Waals surface area contributed by atoms with Crippen molar-refractivity contribution in [2.75, 3.05) is 30.6 Å². The van der Waals surface area contributed by atoms with Crippen molar-refractivity contribution >= 4 is 47.2 Å². The van der Waals surface area contributed by atoms with Crippen LogP contribution >= 0.6 is 23.5 Å². The molecule has 10 nitrogen and oxygen atoms in total.